The fraction of sp³-hybridized carbons (Fsp3) is 0.400. The normalized spacial score (nSPS) is 14.4. The van der Waals surface area contributed by atoms with Crippen LogP contribution >= 0.6 is 15.9 Å². The first-order chi connectivity index (χ1) is 30.2. The van der Waals surface area contributed by atoms with E-state index in [1.807, 2.05) is 64.1 Å². The second-order valence-electron chi connectivity index (χ2n) is 19.8. The summed E-state index contributed by atoms with van der Waals surface area (Å²) in [5.41, 5.74) is 7.32. The first-order valence-electron chi connectivity index (χ1n) is 22.1. The summed E-state index contributed by atoms with van der Waals surface area (Å²) >= 11 is 3.41. The molecule has 0 spiro atoms. The van der Waals surface area contributed by atoms with Crippen LogP contribution in [0.3, 0.4) is 0 Å². The Morgan fingerprint density at radius 1 is 0.562 bits per heavy atom. The predicted octanol–water partition coefficient (Wildman–Crippen LogP) is 11.4. The minimum Gasteiger partial charge on any atom is -0.508 e. The van der Waals surface area contributed by atoms with Crippen molar-refractivity contribution in [1.29, 1.82) is 0 Å². The zero-order valence-electron chi connectivity index (χ0n) is 39.5. The van der Waals surface area contributed by atoms with Crippen LogP contribution in [0.4, 0.5) is 0 Å². The molecule has 0 atom stereocenters. The molecule has 6 aromatic rings. The lowest BCUT2D eigenvalue weighted by Gasteiger charge is -2.32. The zero-order chi connectivity index (χ0) is 46.5. The van der Waals surface area contributed by atoms with Gasteiger partial charge < -0.3 is 29.0 Å². The van der Waals surface area contributed by atoms with E-state index in [0.29, 0.717) is 25.0 Å². The molecule has 342 valence electrons. The Labute approximate surface area is 392 Å². The Hall–Kier alpha value is -4.28. The van der Waals surface area contributed by atoms with Gasteiger partial charge in [0.2, 0.25) is 0 Å². The molecule has 0 saturated carbocycles. The molecule has 0 unspecified atom stereocenters. The highest BCUT2D eigenvalue weighted by Crippen LogP contribution is 2.36. The Bertz CT molecular complexity index is 2250. The lowest BCUT2D eigenvalue weighted by atomic mass is 9.85. The van der Waals surface area contributed by atoms with Gasteiger partial charge in [0.1, 0.15) is 25.0 Å². The summed E-state index contributed by atoms with van der Waals surface area (Å²) in [6.45, 7) is 24.8. The van der Waals surface area contributed by atoms with Crippen LogP contribution < -0.4 is 5.59 Å². The molecule has 14 heteroatoms. The minimum absolute atomic E-state index is 0.300. The molecule has 2 N–H and O–H groups in total. The van der Waals surface area contributed by atoms with E-state index < -0.39 is 23.3 Å². The van der Waals surface area contributed by atoms with Crippen LogP contribution in [-0.4, -0.2) is 77.5 Å². The number of hydrogen-bond acceptors (Lipinski definition) is 8. The minimum atomic E-state index is -1.07. The number of rotatable bonds is 16. The highest BCUT2D eigenvalue weighted by Gasteiger charge is 2.52. The van der Waals surface area contributed by atoms with E-state index in [1.54, 1.807) is 30.5 Å². The summed E-state index contributed by atoms with van der Waals surface area (Å²) in [6.07, 6.45) is 5.33. The molecule has 0 bridgehead atoms. The maximum atomic E-state index is 9.39. The van der Waals surface area contributed by atoms with Gasteiger partial charge in [-0.2, -0.15) is 10.2 Å². The number of halogens is 1. The number of nitrogens with zero attached hydrogens (tertiary/aromatic N) is 4. The molecule has 1 saturated heterocycles. The Kier molecular flexibility index (Phi) is 18.0. The lowest BCUT2D eigenvalue weighted by molar-refractivity contribution is 0.00578. The highest BCUT2D eigenvalue weighted by atomic mass is 79.9. The van der Waals surface area contributed by atoms with E-state index >= 15 is 0 Å². The van der Waals surface area contributed by atoms with Gasteiger partial charge in [0.25, 0.3) is 0 Å². The monoisotopic (exact) mass is 966 g/mol. The van der Waals surface area contributed by atoms with Crippen LogP contribution in [0, 0.1) is 0 Å². The van der Waals surface area contributed by atoms with Crippen molar-refractivity contribution in [3.8, 4) is 22.8 Å². The highest BCUT2D eigenvalue weighted by molar-refractivity contribution is 9.10. The molecule has 10 nitrogen and oxygen atoms in total. The van der Waals surface area contributed by atoms with Crippen molar-refractivity contribution in [2.75, 3.05) is 13.2 Å². The molecule has 3 heterocycles. The molecule has 0 amide bonds. The third-order valence-electron chi connectivity index (χ3n) is 11.2. The molecule has 1 aliphatic heterocycles. The molecule has 2 aromatic heterocycles. The molecular weight excluding hydrogens is 899 g/mol. The van der Waals surface area contributed by atoms with Crippen LogP contribution in [0.25, 0.3) is 11.3 Å². The third kappa shape index (κ3) is 16.3. The van der Waals surface area contributed by atoms with Gasteiger partial charge in [0.05, 0.1) is 22.5 Å². The van der Waals surface area contributed by atoms with Crippen LogP contribution in [0.15, 0.2) is 126 Å². The lowest BCUT2D eigenvalue weighted by Crippen LogP contribution is -2.41. The van der Waals surface area contributed by atoms with Crippen molar-refractivity contribution in [3.63, 3.8) is 0 Å². The van der Waals surface area contributed by atoms with Crippen molar-refractivity contribution >= 4 is 44.8 Å². The molecule has 4 aromatic carbocycles. The Morgan fingerprint density at radius 3 is 1.41 bits per heavy atom. The van der Waals surface area contributed by atoms with Crippen molar-refractivity contribution in [1.82, 2.24) is 19.6 Å². The van der Waals surface area contributed by atoms with Crippen molar-refractivity contribution < 1.29 is 29.0 Å². The summed E-state index contributed by atoms with van der Waals surface area (Å²) in [5.74, 6) is 0.615. The number of ether oxygens (including phenoxy) is 2. The second kappa shape index (κ2) is 22.8. The molecule has 64 heavy (non-hydrogen) atoms. The quantitative estimate of drug-likeness (QED) is 0.0728. The second-order valence-corrected chi connectivity index (χ2v) is 31.9. The molecule has 0 radical (unpaired) electrons. The van der Waals surface area contributed by atoms with E-state index in [4.69, 9.17) is 23.9 Å². The van der Waals surface area contributed by atoms with Crippen LogP contribution in [0.2, 0.25) is 51.4 Å². The number of benzene rings is 4. The molecule has 1 fully saturated rings. The number of phenolic OH excluding ortho intramolecular Hbond substituents is 2. The maximum absolute atomic E-state index is 9.39. The summed E-state index contributed by atoms with van der Waals surface area (Å²) in [4.78, 5) is 0. The topological polar surface area (TPSA) is 113 Å². The van der Waals surface area contributed by atoms with E-state index in [0.717, 1.165) is 59.5 Å². The van der Waals surface area contributed by atoms with Gasteiger partial charge in [-0.05, 0) is 129 Å². The van der Waals surface area contributed by atoms with E-state index in [9.17, 15) is 5.11 Å². The Balaban J connectivity index is 0.000000188. The average molecular weight is 968 g/mol. The summed E-state index contributed by atoms with van der Waals surface area (Å²) in [7, 11) is -2.52. The van der Waals surface area contributed by atoms with Gasteiger partial charge >= 0.3 is 7.12 Å². The van der Waals surface area contributed by atoms with Crippen LogP contribution in [-0.2, 0) is 45.1 Å². The van der Waals surface area contributed by atoms with E-state index in [1.165, 1.54) is 22.3 Å². The molecule has 1 aliphatic rings. The summed E-state index contributed by atoms with van der Waals surface area (Å²) < 4.78 is 28.6. The number of aromatic nitrogens is 4. The van der Waals surface area contributed by atoms with Crippen molar-refractivity contribution in [2.24, 2.45) is 0 Å². The number of phenols is 2. The summed E-state index contributed by atoms with van der Waals surface area (Å²) in [5, 5.41) is 27.3. The largest absolute Gasteiger partial charge is 0.514 e. The molecule has 0 aliphatic carbocycles. The van der Waals surface area contributed by atoms with Gasteiger partial charge in [-0.25, -0.2) is 9.36 Å². The number of hydrogen-bond donors (Lipinski definition) is 2. The maximum Gasteiger partial charge on any atom is 0.514 e. The van der Waals surface area contributed by atoms with Crippen molar-refractivity contribution in [2.45, 2.75) is 117 Å². The first-order valence-corrected chi connectivity index (χ1v) is 30.3. The van der Waals surface area contributed by atoms with Crippen LogP contribution in [0.5, 0.6) is 11.5 Å². The average Bonchev–Trinajstić information content (AvgIpc) is 3.95. The molecule has 7 rings (SSSR count). The Morgan fingerprint density at radius 2 is 0.953 bits per heavy atom. The van der Waals surface area contributed by atoms with Gasteiger partial charge in [-0.1, -0.05) is 116 Å². The fourth-order valence-corrected chi connectivity index (χ4v) is 8.23. The first kappa shape index (κ1) is 50.7. The van der Waals surface area contributed by atoms with Crippen LogP contribution in [0.1, 0.15) is 49.9 Å². The van der Waals surface area contributed by atoms with Gasteiger partial charge in [0.15, 0.2) is 0 Å². The smallest absolute Gasteiger partial charge is 0.508 e. The van der Waals surface area contributed by atoms with E-state index in [2.05, 4.69) is 130 Å². The SMILES string of the molecule is CC1(C)OB(c2ccnn2COCC[Si](C)(C)C)OC1(C)C.C[Si](C)(C)CCOCn1nccc1-c1ccc(Cc2ccc(O)cc2)cc1.Oc1ccc(Cc2ccc(Br)cc2)cc1. The van der Waals surface area contributed by atoms with Gasteiger partial charge in [-0.3, -0.25) is 0 Å². The van der Waals surface area contributed by atoms with Gasteiger partial charge in [-0.15, -0.1) is 0 Å². The fourth-order valence-electron chi connectivity index (χ4n) is 6.45. The standard InChI is InChI=1S/C22H28N2O2Si.C15H29BN2O3Si.C13H11BrO/c1-27(2,3)15-14-26-17-24-22(12-13-23-24)20-8-4-18(5-9-20)16-19-6-10-21(25)11-7-19;1-14(2)15(3,4)21-16(20-14)13-8-9-17-18(13)12-19-10-11-22(5,6)7;14-12-5-1-10(2-6-12)9-11-3-7-13(15)8-4-11/h4-13,25H,14-17H2,1-3H3;8-9H,10-12H2,1-7H3;1-8,15H,9H2. The van der Waals surface area contributed by atoms with E-state index in [-0.39, 0.29) is 11.2 Å². The van der Waals surface area contributed by atoms with Crippen molar-refractivity contribution in [3.05, 3.63) is 148 Å². The predicted molar refractivity (Wildman–Crippen MR) is 270 cm³/mol. The van der Waals surface area contributed by atoms with Gasteiger partial charge in [0, 0.05) is 46.2 Å². The molecular formula is C50H68BBrN4O6Si2. The number of aromatic hydroxyl groups is 2. The zero-order valence-corrected chi connectivity index (χ0v) is 43.1. The summed E-state index contributed by atoms with van der Waals surface area (Å²) in [6, 6.07) is 37.8. The third-order valence-corrected chi connectivity index (χ3v) is 15.2.